The van der Waals surface area contributed by atoms with Gasteiger partial charge in [0.25, 0.3) is 5.91 Å². The van der Waals surface area contributed by atoms with Crippen LogP contribution < -0.4 is 5.32 Å². The highest BCUT2D eigenvalue weighted by Gasteiger charge is 2.19. The molecule has 1 amide bonds. The Morgan fingerprint density at radius 1 is 1.03 bits per heavy atom. The number of hydrogen-bond donors (Lipinski definition) is 1. The monoisotopic (exact) mass is 406 g/mol. The molecule has 0 aliphatic heterocycles. The van der Waals surface area contributed by atoms with Crippen LogP contribution in [0.2, 0.25) is 5.02 Å². The fraction of sp³-hybridized carbons (Fsp3) is 0.0455. The van der Waals surface area contributed by atoms with Gasteiger partial charge < -0.3 is 5.32 Å². The van der Waals surface area contributed by atoms with Crippen molar-refractivity contribution < 1.29 is 9.18 Å². The lowest BCUT2D eigenvalue weighted by Gasteiger charge is -2.06. The molecule has 4 aromatic rings. The number of aryl methyl sites for hydroxylation is 1. The minimum absolute atomic E-state index is 0.0280. The summed E-state index contributed by atoms with van der Waals surface area (Å²) < 4.78 is 15.0. The van der Waals surface area contributed by atoms with Gasteiger partial charge in [-0.25, -0.2) is 14.1 Å². The molecule has 7 heteroatoms. The molecule has 1 aromatic heterocycles. The van der Waals surface area contributed by atoms with Crippen LogP contribution in [0.1, 0.15) is 16.2 Å². The third-order valence-electron chi connectivity index (χ3n) is 4.27. The summed E-state index contributed by atoms with van der Waals surface area (Å²) in [7, 11) is 0. The summed E-state index contributed by atoms with van der Waals surface area (Å²) in [6.07, 6.45) is 0. The maximum absolute atomic E-state index is 13.4. The van der Waals surface area contributed by atoms with Crippen LogP contribution in [0.3, 0.4) is 0 Å². The van der Waals surface area contributed by atoms with Crippen LogP contribution in [0, 0.1) is 12.7 Å². The molecule has 0 saturated carbocycles. The second kappa shape index (κ2) is 7.85. The Labute approximate surface area is 171 Å². The van der Waals surface area contributed by atoms with Crippen molar-refractivity contribution in [3.05, 3.63) is 95.0 Å². The first kappa shape index (κ1) is 18.8. The zero-order valence-corrected chi connectivity index (χ0v) is 16.2. The second-order valence-electron chi connectivity index (χ2n) is 6.48. The Balaban J connectivity index is 1.75. The standard InChI is InChI=1S/C22H16ClFN4O/c1-14-5-11-19(12-6-14)28-21(15-7-9-16(23)10-8-15)26-20(27-28)22(29)25-18-4-2-3-17(24)13-18/h2-13H,1H3,(H,25,29). The highest BCUT2D eigenvalue weighted by Crippen LogP contribution is 2.23. The molecule has 0 saturated heterocycles. The molecule has 1 heterocycles. The first-order chi connectivity index (χ1) is 14.0. The smallest absolute Gasteiger partial charge is 0.295 e. The molecule has 0 spiro atoms. The molecule has 0 aliphatic rings. The van der Waals surface area contributed by atoms with Crippen LogP contribution in [0.15, 0.2) is 72.8 Å². The number of halogens is 2. The maximum Gasteiger partial charge on any atom is 0.295 e. The van der Waals surface area contributed by atoms with Crippen LogP contribution >= 0.6 is 11.6 Å². The lowest BCUT2D eigenvalue weighted by Crippen LogP contribution is -2.14. The van der Waals surface area contributed by atoms with E-state index in [0.29, 0.717) is 16.5 Å². The Morgan fingerprint density at radius 2 is 1.76 bits per heavy atom. The number of nitrogens with zero attached hydrogens (tertiary/aromatic N) is 3. The third-order valence-corrected chi connectivity index (χ3v) is 4.53. The van der Waals surface area contributed by atoms with E-state index in [1.165, 1.54) is 18.2 Å². The molecular weight excluding hydrogens is 391 g/mol. The van der Waals surface area contributed by atoms with Gasteiger partial charge in [-0.15, -0.1) is 5.10 Å². The van der Waals surface area contributed by atoms with Gasteiger partial charge in [0.2, 0.25) is 5.82 Å². The van der Waals surface area contributed by atoms with Crippen molar-refractivity contribution in [3.63, 3.8) is 0 Å². The molecule has 0 fully saturated rings. The van der Waals surface area contributed by atoms with E-state index in [0.717, 1.165) is 16.8 Å². The minimum Gasteiger partial charge on any atom is -0.319 e. The van der Waals surface area contributed by atoms with E-state index in [9.17, 15) is 9.18 Å². The van der Waals surface area contributed by atoms with Crippen molar-refractivity contribution in [2.75, 3.05) is 5.32 Å². The lowest BCUT2D eigenvalue weighted by molar-refractivity contribution is 0.101. The number of nitrogens with one attached hydrogen (secondary N) is 1. The molecule has 4 rings (SSSR count). The fourth-order valence-electron chi connectivity index (χ4n) is 2.81. The summed E-state index contributed by atoms with van der Waals surface area (Å²) >= 11 is 5.99. The third kappa shape index (κ3) is 4.17. The van der Waals surface area contributed by atoms with E-state index < -0.39 is 11.7 Å². The summed E-state index contributed by atoms with van der Waals surface area (Å²) in [6.45, 7) is 1.99. The number of rotatable bonds is 4. The zero-order chi connectivity index (χ0) is 20.4. The van der Waals surface area contributed by atoms with Crippen molar-refractivity contribution in [1.29, 1.82) is 0 Å². The van der Waals surface area contributed by atoms with Gasteiger partial charge in [-0.1, -0.05) is 35.4 Å². The number of amides is 1. The molecule has 3 aromatic carbocycles. The van der Waals surface area contributed by atoms with E-state index >= 15 is 0 Å². The average Bonchev–Trinajstić information content (AvgIpc) is 3.15. The quantitative estimate of drug-likeness (QED) is 0.501. The number of carbonyl (C=O) groups excluding carboxylic acids is 1. The van der Waals surface area contributed by atoms with Crippen molar-refractivity contribution in [3.8, 4) is 17.1 Å². The van der Waals surface area contributed by atoms with Gasteiger partial charge >= 0.3 is 0 Å². The minimum atomic E-state index is -0.531. The normalized spacial score (nSPS) is 10.7. The molecule has 5 nitrogen and oxygen atoms in total. The van der Waals surface area contributed by atoms with E-state index in [1.807, 2.05) is 43.3 Å². The van der Waals surface area contributed by atoms with Crippen molar-refractivity contribution in [2.45, 2.75) is 6.92 Å². The molecule has 0 aliphatic carbocycles. The molecule has 0 radical (unpaired) electrons. The van der Waals surface area contributed by atoms with Crippen LogP contribution in [-0.4, -0.2) is 20.7 Å². The summed E-state index contributed by atoms with van der Waals surface area (Å²) in [5.74, 6) is -0.505. The van der Waals surface area contributed by atoms with Crippen LogP contribution in [-0.2, 0) is 0 Å². The predicted octanol–water partition coefficient (Wildman–Crippen LogP) is 5.29. The Morgan fingerprint density at radius 3 is 2.45 bits per heavy atom. The first-order valence-corrected chi connectivity index (χ1v) is 9.24. The van der Waals surface area contributed by atoms with Gasteiger partial charge in [-0.2, -0.15) is 0 Å². The fourth-order valence-corrected chi connectivity index (χ4v) is 2.94. The van der Waals surface area contributed by atoms with Gasteiger partial charge in [0, 0.05) is 16.3 Å². The van der Waals surface area contributed by atoms with Crippen LogP contribution in [0.25, 0.3) is 17.1 Å². The van der Waals surface area contributed by atoms with E-state index in [4.69, 9.17) is 11.6 Å². The van der Waals surface area contributed by atoms with Gasteiger partial charge in [0.05, 0.1) is 5.69 Å². The molecule has 144 valence electrons. The van der Waals surface area contributed by atoms with E-state index in [2.05, 4.69) is 15.4 Å². The summed E-state index contributed by atoms with van der Waals surface area (Å²) in [4.78, 5) is 17.1. The largest absolute Gasteiger partial charge is 0.319 e. The van der Waals surface area contributed by atoms with Crippen LogP contribution in [0.5, 0.6) is 0 Å². The summed E-state index contributed by atoms with van der Waals surface area (Å²) in [5.41, 5.74) is 2.95. The van der Waals surface area contributed by atoms with Gasteiger partial charge in [-0.3, -0.25) is 4.79 Å². The summed E-state index contributed by atoms with van der Waals surface area (Å²) in [5, 5.41) is 7.61. The number of anilines is 1. The van der Waals surface area contributed by atoms with E-state index in [1.54, 1.807) is 22.9 Å². The van der Waals surface area contributed by atoms with Crippen molar-refractivity contribution in [1.82, 2.24) is 14.8 Å². The molecule has 0 unspecified atom stereocenters. The Kier molecular flexibility index (Phi) is 5.10. The van der Waals surface area contributed by atoms with Gasteiger partial charge in [0.1, 0.15) is 5.82 Å². The second-order valence-corrected chi connectivity index (χ2v) is 6.91. The first-order valence-electron chi connectivity index (χ1n) is 8.86. The topological polar surface area (TPSA) is 59.8 Å². The number of carbonyl (C=O) groups is 1. The van der Waals surface area contributed by atoms with E-state index in [-0.39, 0.29) is 5.82 Å². The van der Waals surface area contributed by atoms with Crippen molar-refractivity contribution in [2.24, 2.45) is 0 Å². The van der Waals surface area contributed by atoms with Gasteiger partial charge in [-0.05, 0) is 61.5 Å². The zero-order valence-electron chi connectivity index (χ0n) is 15.4. The highest BCUT2D eigenvalue weighted by atomic mass is 35.5. The molecule has 0 bridgehead atoms. The number of benzene rings is 3. The molecule has 29 heavy (non-hydrogen) atoms. The average molecular weight is 407 g/mol. The highest BCUT2D eigenvalue weighted by molar-refractivity contribution is 6.30. The van der Waals surface area contributed by atoms with Crippen molar-refractivity contribution >= 4 is 23.2 Å². The molecular formula is C22H16ClFN4O. The number of aromatic nitrogens is 3. The lowest BCUT2D eigenvalue weighted by atomic mass is 10.2. The Bertz CT molecular complexity index is 1110. The van der Waals surface area contributed by atoms with Gasteiger partial charge in [0.15, 0.2) is 5.82 Å². The molecule has 1 N–H and O–H groups in total. The molecule has 0 atom stereocenters. The predicted molar refractivity (Wildman–Crippen MR) is 111 cm³/mol. The maximum atomic E-state index is 13.4. The Hall–Kier alpha value is -3.51. The SMILES string of the molecule is Cc1ccc(-n2nc(C(=O)Nc3cccc(F)c3)nc2-c2ccc(Cl)cc2)cc1. The van der Waals surface area contributed by atoms with Crippen LogP contribution in [0.4, 0.5) is 10.1 Å². The number of hydrogen-bond acceptors (Lipinski definition) is 3. The summed E-state index contributed by atoms with van der Waals surface area (Å²) in [6, 6.07) is 20.5.